The van der Waals surface area contributed by atoms with Gasteiger partial charge >= 0.3 is 6.09 Å². The maximum atomic E-state index is 10.7. The van der Waals surface area contributed by atoms with Gasteiger partial charge in [-0.2, -0.15) is 0 Å². The van der Waals surface area contributed by atoms with Crippen LogP contribution in [0.5, 0.6) is 0 Å². The zero-order valence-electron chi connectivity index (χ0n) is 7.14. The first-order valence-electron chi connectivity index (χ1n) is 4.26. The van der Waals surface area contributed by atoms with Crippen molar-refractivity contribution in [3.8, 4) is 0 Å². The van der Waals surface area contributed by atoms with Crippen molar-refractivity contribution < 1.29 is 9.53 Å². The molecule has 1 aliphatic rings. The molecule has 0 N–H and O–H groups in total. The minimum absolute atomic E-state index is 0.00917. The Hall–Kier alpha value is -1.51. The van der Waals surface area contributed by atoms with Gasteiger partial charge in [0.2, 0.25) is 0 Å². The molecule has 3 heteroatoms. The molecule has 1 heterocycles. The van der Waals surface area contributed by atoms with Crippen molar-refractivity contribution in [3.63, 3.8) is 0 Å². The SMILES string of the molecule is O=C1[N][C@H](Cc2ccccc2)CO1. The Morgan fingerprint density at radius 2 is 2.15 bits per heavy atom. The van der Waals surface area contributed by atoms with Crippen molar-refractivity contribution in [2.24, 2.45) is 0 Å². The molecule has 1 aromatic rings. The summed E-state index contributed by atoms with van der Waals surface area (Å²) in [7, 11) is 0. The molecule has 1 fully saturated rings. The lowest BCUT2D eigenvalue weighted by Gasteiger charge is -2.03. The number of carbonyl (C=O) groups excluding carboxylic acids is 1. The van der Waals surface area contributed by atoms with Crippen LogP contribution in [0, 0.1) is 0 Å². The molecular weight excluding hydrogens is 166 g/mol. The minimum Gasteiger partial charge on any atom is -0.446 e. The van der Waals surface area contributed by atoms with Crippen LogP contribution in [0.4, 0.5) is 4.79 Å². The number of benzene rings is 1. The zero-order chi connectivity index (χ0) is 9.10. The van der Waals surface area contributed by atoms with Crippen LogP contribution in [-0.2, 0) is 11.2 Å². The largest absolute Gasteiger partial charge is 0.446 e. The first-order chi connectivity index (χ1) is 6.34. The lowest BCUT2D eigenvalue weighted by Crippen LogP contribution is -2.21. The third kappa shape index (κ3) is 1.99. The molecule has 13 heavy (non-hydrogen) atoms. The van der Waals surface area contributed by atoms with E-state index in [4.69, 9.17) is 4.74 Å². The summed E-state index contributed by atoms with van der Waals surface area (Å²) < 4.78 is 4.73. The van der Waals surface area contributed by atoms with Crippen molar-refractivity contribution in [1.29, 1.82) is 0 Å². The molecule has 67 valence electrons. The average Bonchev–Trinajstić information content (AvgIpc) is 2.53. The monoisotopic (exact) mass is 176 g/mol. The molecule has 0 aromatic heterocycles. The molecule has 1 aliphatic heterocycles. The first kappa shape index (κ1) is 8.10. The van der Waals surface area contributed by atoms with Crippen molar-refractivity contribution in [1.82, 2.24) is 5.32 Å². The fourth-order valence-electron chi connectivity index (χ4n) is 1.38. The summed E-state index contributed by atoms with van der Waals surface area (Å²) in [4.78, 5) is 10.7. The number of carbonyl (C=O) groups is 1. The molecule has 0 unspecified atom stereocenters. The quantitative estimate of drug-likeness (QED) is 0.682. The van der Waals surface area contributed by atoms with Gasteiger partial charge in [0.05, 0.1) is 6.04 Å². The van der Waals surface area contributed by atoms with E-state index in [1.165, 1.54) is 5.56 Å². The Morgan fingerprint density at radius 1 is 1.38 bits per heavy atom. The molecule has 0 bridgehead atoms. The van der Waals surface area contributed by atoms with E-state index in [1.54, 1.807) is 0 Å². The summed E-state index contributed by atoms with van der Waals surface area (Å²) in [5.74, 6) is 0. The molecule has 1 atom stereocenters. The van der Waals surface area contributed by atoms with E-state index in [2.05, 4.69) is 5.32 Å². The minimum atomic E-state index is -0.430. The number of hydrogen-bond donors (Lipinski definition) is 0. The highest BCUT2D eigenvalue weighted by Gasteiger charge is 2.24. The Bertz CT molecular complexity index is 297. The number of nitrogens with zero attached hydrogens (tertiary/aromatic N) is 1. The number of ether oxygens (including phenoxy) is 1. The summed E-state index contributed by atoms with van der Waals surface area (Å²) >= 11 is 0. The van der Waals surface area contributed by atoms with Gasteiger partial charge in [0.15, 0.2) is 0 Å². The van der Waals surface area contributed by atoms with Crippen LogP contribution >= 0.6 is 0 Å². The maximum absolute atomic E-state index is 10.7. The van der Waals surface area contributed by atoms with Crippen LogP contribution in [-0.4, -0.2) is 18.7 Å². The Balaban J connectivity index is 1.96. The van der Waals surface area contributed by atoms with Gasteiger partial charge in [-0.1, -0.05) is 30.3 Å². The van der Waals surface area contributed by atoms with Gasteiger partial charge in [-0.25, -0.2) is 10.1 Å². The van der Waals surface area contributed by atoms with E-state index >= 15 is 0 Å². The molecule has 2 rings (SSSR count). The lowest BCUT2D eigenvalue weighted by molar-refractivity contribution is 0.176. The Labute approximate surface area is 76.7 Å². The van der Waals surface area contributed by atoms with Crippen LogP contribution in [0.25, 0.3) is 0 Å². The van der Waals surface area contributed by atoms with Gasteiger partial charge < -0.3 is 4.74 Å². The standard InChI is InChI=1S/C10H10NO2/c12-10-11-9(7-13-10)6-8-4-2-1-3-5-8/h1-5,9H,6-7H2/t9-/m1/s1. The summed E-state index contributed by atoms with van der Waals surface area (Å²) in [5.41, 5.74) is 1.19. The third-order valence-corrected chi connectivity index (χ3v) is 2.00. The Kier molecular flexibility index (Phi) is 2.17. The van der Waals surface area contributed by atoms with Crippen LogP contribution in [0.2, 0.25) is 0 Å². The number of cyclic esters (lactones) is 1. The molecule has 0 aliphatic carbocycles. The number of amides is 1. The smallest absolute Gasteiger partial charge is 0.429 e. The maximum Gasteiger partial charge on any atom is 0.429 e. The highest BCUT2D eigenvalue weighted by atomic mass is 16.6. The zero-order valence-corrected chi connectivity index (χ0v) is 7.14. The predicted octanol–water partition coefficient (Wildman–Crippen LogP) is 1.35. The molecule has 1 aromatic carbocycles. The van der Waals surface area contributed by atoms with Gasteiger partial charge in [0.1, 0.15) is 6.61 Å². The van der Waals surface area contributed by atoms with Crippen molar-refractivity contribution in [2.45, 2.75) is 12.5 Å². The van der Waals surface area contributed by atoms with E-state index < -0.39 is 6.09 Å². The van der Waals surface area contributed by atoms with Gasteiger partial charge in [-0.15, -0.1) is 0 Å². The topological polar surface area (TPSA) is 40.4 Å². The second-order valence-electron chi connectivity index (χ2n) is 3.05. The predicted molar refractivity (Wildman–Crippen MR) is 47.4 cm³/mol. The highest BCUT2D eigenvalue weighted by Crippen LogP contribution is 2.08. The van der Waals surface area contributed by atoms with E-state index in [0.29, 0.717) is 6.61 Å². The molecule has 0 spiro atoms. The number of hydrogen-bond acceptors (Lipinski definition) is 2. The molecule has 3 nitrogen and oxygen atoms in total. The summed E-state index contributed by atoms with van der Waals surface area (Å²) in [5, 5.41) is 3.82. The molecular formula is C10H10NO2. The van der Waals surface area contributed by atoms with Crippen molar-refractivity contribution in [3.05, 3.63) is 35.9 Å². The van der Waals surface area contributed by atoms with Gasteiger partial charge in [-0.05, 0) is 12.0 Å². The lowest BCUT2D eigenvalue weighted by atomic mass is 10.1. The third-order valence-electron chi connectivity index (χ3n) is 2.00. The van der Waals surface area contributed by atoms with Gasteiger partial charge in [0, 0.05) is 0 Å². The van der Waals surface area contributed by atoms with Crippen LogP contribution in [0.1, 0.15) is 5.56 Å². The summed E-state index contributed by atoms with van der Waals surface area (Å²) in [6, 6.07) is 9.99. The first-order valence-corrected chi connectivity index (χ1v) is 4.26. The van der Waals surface area contributed by atoms with Crippen molar-refractivity contribution >= 4 is 6.09 Å². The van der Waals surface area contributed by atoms with Crippen molar-refractivity contribution in [2.75, 3.05) is 6.61 Å². The average molecular weight is 176 g/mol. The second-order valence-corrected chi connectivity index (χ2v) is 3.05. The fourth-order valence-corrected chi connectivity index (χ4v) is 1.38. The van der Waals surface area contributed by atoms with Gasteiger partial charge in [0.25, 0.3) is 0 Å². The fraction of sp³-hybridized carbons (Fsp3) is 0.300. The normalized spacial score (nSPS) is 20.9. The summed E-state index contributed by atoms with van der Waals surface area (Å²) in [6.45, 7) is 0.424. The number of rotatable bonds is 2. The molecule has 1 saturated heterocycles. The van der Waals surface area contributed by atoms with E-state index in [0.717, 1.165) is 6.42 Å². The van der Waals surface area contributed by atoms with Crippen LogP contribution in [0.15, 0.2) is 30.3 Å². The molecule has 1 radical (unpaired) electrons. The Morgan fingerprint density at radius 3 is 2.77 bits per heavy atom. The van der Waals surface area contributed by atoms with Gasteiger partial charge in [-0.3, -0.25) is 0 Å². The molecule has 1 amide bonds. The summed E-state index contributed by atoms with van der Waals surface area (Å²) in [6.07, 6.45) is 0.355. The van der Waals surface area contributed by atoms with E-state index in [1.807, 2.05) is 30.3 Å². The van der Waals surface area contributed by atoms with E-state index in [9.17, 15) is 4.79 Å². The second kappa shape index (κ2) is 3.47. The highest BCUT2D eigenvalue weighted by molar-refractivity contribution is 5.69. The van der Waals surface area contributed by atoms with E-state index in [-0.39, 0.29) is 6.04 Å². The van der Waals surface area contributed by atoms with Crippen LogP contribution < -0.4 is 5.32 Å². The molecule has 0 saturated carbocycles. The van der Waals surface area contributed by atoms with Crippen LogP contribution in [0.3, 0.4) is 0 Å².